The number of rotatable bonds is 4. The van der Waals surface area contributed by atoms with Crippen LogP contribution in [0, 0.1) is 0 Å². The molecule has 1 aromatic rings. The van der Waals surface area contributed by atoms with E-state index in [4.69, 9.17) is 4.99 Å². The quantitative estimate of drug-likeness (QED) is 0.334. The molecule has 2 amide bonds. The Morgan fingerprint density at radius 1 is 1.16 bits per heavy atom. The van der Waals surface area contributed by atoms with E-state index in [1.807, 2.05) is 41.0 Å². The molecule has 8 nitrogen and oxygen atoms in total. The van der Waals surface area contributed by atoms with Crippen LogP contribution in [-0.4, -0.2) is 73.4 Å². The molecule has 1 aromatic carbocycles. The minimum absolute atomic E-state index is 0. The van der Waals surface area contributed by atoms with Crippen LogP contribution in [-0.2, 0) is 16.4 Å². The standard InChI is InChI=1S/C21H33N5O3S.HI/c1-4-22-19(26-12-13-30(28,29)21(2,3)16-26)23-15-17-8-7-9-18(14-17)24-20(27)25-10-5-6-11-25;/h7-9,14H,4-6,10-13,15-16H2,1-3H3,(H,22,23)(H,24,27);1H. The average Bonchev–Trinajstić information content (AvgIpc) is 3.23. The van der Waals surface area contributed by atoms with Crippen LogP contribution in [0.4, 0.5) is 10.5 Å². The normalized spacial score (nSPS) is 20.2. The lowest BCUT2D eigenvalue weighted by Crippen LogP contribution is -2.57. The largest absolute Gasteiger partial charge is 0.357 e. The molecule has 2 aliphatic rings. The number of carbonyl (C=O) groups is 1. The van der Waals surface area contributed by atoms with Crippen molar-refractivity contribution in [2.45, 2.75) is 44.9 Å². The molecule has 10 heteroatoms. The van der Waals surface area contributed by atoms with Gasteiger partial charge in [-0.2, -0.15) is 0 Å². The summed E-state index contributed by atoms with van der Waals surface area (Å²) in [5.41, 5.74) is 1.74. The van der Waals surface area contributed by atoms with Gasteiger partial charge < -0.3 is 20.4 Å². The summed E-state index contributed by atoms with van der Waals surface area (Å²) < 4.78 is 23.8. The van der Waals surface area contributed by atoms with Crippen molar-refractivity contribution in [1.29, 1.82) is 0 Å². The van der Waals surface area contributed by atoms with Gasteiger partial charge in [0.25, 0.3) is 0 Å². The van der Waals surface area contributed by atoms with Gasteiger partial charge >= 0.3 is 6.03 Å². The van der Waals surface area contributed by atoms with Gasteiger partial charge in [-0.3, -0.25) is 0 Å². The second-order valence-electron chi connectivity index (χ2n) is 8.49. The van der Waals surface area contributed by atoms with Crippen molar-refractivity contribution in [2.75, 3.05) is 43.8 Å². The van der Waals surface area contributed by atoms with Gasteiger partial charge in [-0.1, -0.05) is 12.1 Å². The SMILES string of the molecule is CCNC(=NCc1cccc(NC(=O)N2CCCC2)c1)N1CCS(=O)(=O)C(C)(C)C1.I. The Morgan fingerprint density at radius 2 is 1.87 bits per heavy atom. The molecule has 0 aromatic heterocycles. The summed E-state index contributed by atoms with van der Waals surface area (Å²) in [5.74, 6) is 0.842. The van der Waals surface area contributed by atoms with Gasteiger partial charge in [0.2, 0.25) is 0 Å². The number of sulfone groups is 1. The fraction of sp³-hybridized carbons (Fsp3) is 0.619. The molecule has 31 heavy (non-hydrogen) atoms. The second kappa shape index (κ2) is 10.8. The highest BCUT2D eigenvalue weighted by atomic mass is 127. The summed E-state index contributed by atoms with van der Waals surface area (Å²) in [5, 5.41) is 6.24. The monoisotopic (exact) mass is 563 g/mol. The molecule has 0 atom stereocenters. The Kier molecular flexibility index (Phi) is 8.99. The maximum atomic E-state index is 12.3. The molecule has 0 bridgehead atoms. The molecule has 2 N–H and O–H groups in total. The molecule has 0 unspecified atom stereocenters. The van der Waals surface area contributed by atoms with Gasteiger partial charge in [-0.05, 0) is 51.3 Å². The second-order valence-corrected chi connectivity index (χ2v) is 11.2. The third kappa shape index (κ3) is 6.47. The average molecular weight is 564 g/mol. The highest BCUT2D eigenvalue weighted by Crippen LogP contribution is 2.24. The Morgan fingerprint density at radius 3 is 2.52 bits per heavy atom. The van der Waals surface area contributed by atoms with Crippen LogP contribution in [0.25, 0.3) is 0 Å². The first-order chi connectivity index (χ1) is 14.2. The van der Waals surface area contributed by atoms with Gasteiger partial charge in [0.15, 0.2) is 15.8 Å². The minimum atomic E-state index is -3.10. The summed E-state index contributed by atoms with van der Waals surface area (Å²) in [7, 11) is -3.10. The third-order valence-corrected chi connectivity index (χ3v) is 8.19. The Labute approximate surface area is 202 Å². The maximum Gasteiger partial charge on any atom is 0.321 e. The number of hydrogen-bond acceptors (Lipinski definition) is 4. The predicted octanol–water partition coefficient (Wildman–Crippen LogP) is 2.91. The number of anilines is 1. The third-order valence-electron chi connectivity index (χ3n) is 5.66. The zero-order chi connectivity index (χ0) is 21.8. The van der Waals surface area contributed by atoms with Crippen LogP contribution in [0.5, 0.6) is 0 Å². The van der Waals surface area contributed by atoms with E-state index in [0.29, 0.717) is 32.1 Å². The maximum absolute atomic E-state index is 12.3. The molecule has 0 radical (unpaired) electrons. The molecule has 2 fully saturated rings. The molecule has 3 rings (SSSR count). The van der Waals surface area contributed by atoms with Crippen molar-refractivity contribution in [2.24, 2.45) is 4.99 Å². The van der Waals surface area contributed by atoms with E-state index < -0.39 is 14.6 Å². The number of carbonyl (C=O) groups excluding carboxylic acids is 1. The lowest BCUT2D eigenvalue weighted by Gasteiger charge is -2.39. The van der Waals surface area contributed by atoms with Crippen LogP contribution in [0.3, 0.4) is 0 Å². The number of benzene rings is 1. The fourth-order valence-electron chi connectivity index (χ4n) is 3.79. The zero-order valence-corrected chi connectivity index (χ0v) is 21.7. The van der Waals surface area contributed by atoms with E-state index in [0.717, 1.165) is 37.2 Å². The number of halogens is 1. The van der Waals surface area contributed by atoms with Gasteiger partial charge in [0.05, 0.1) is 17.0 Å². The first-order valence-corrected chi connectivity index (χ1v) is 12.3. The van der Waals surface area contributed by atoms with Crippen molar-refractivity contribution in [3.8, 4) is 0 Å². The number of aliphatic imine (C=N–C) groups is 1. The molecule has 2 heterocycles. The van der Waals surface area contributed by atoms with Crippen LogP contribution < -0.4 is 10.6 Å². The molecule has 0 spiro atoms. The summed E-state index contributed by atoms with van der Waals surface area (Å²) in [6, 6.07) is 7.64. The predicted molar refractivity (Wildman–Crippen MR) is 136 cm³/mol. The van der Waals surface area contributed by atoms with Gasteiger partial charge in [-0.15, -0.1) is 24.0 Å². The van der Waals surface area contributed by atoms with E-state index in [9.17, 15) is 13.2 Å². The summed E-state index contributed by atoms with van der Waals surface area (Å²) in [4.78, 5) is 20.9. The number of nitrogens with zero attached hydrogens (tertiary/aromatic N) is 3. The summed E-state index contributed by atoms with van der Waals surface area (Å²) >= 11 is 0. The molecule has 2 saturated heterocycles. The van der Waals surface area contributed by atoms with Gasteiger partial charge in [0, 0.05) is 38.4 Å². The molecule has 0 saturated carbocycles. The van der Waals surface area contributed by atoms with E-state index >= 15 is 0 Å². The van der Waals surface area contributed by atoms with E-state index in [-0.39, 0.29) is 35.8 Å². The van der Waals surface area contributed by atoms with Crippen molar-refractivity contribution in [3.05, 3.63) is 29.8 Å². The molecule has 0 aliphatic carbocycles. The first-order valence-electron chi connectivity index (χ1n) is 10.6. The van der Waals surface area contributed by atoms with Crippen molar-refractivity contribution in [1.82, 2.24) is 15.1 Å². The van der Waals surface area contributed by atoms with Crippen LogP contribution in [0.2, 0.25) is 0 Å². The number of guanidine groups is 1. The van der Waals surface area contributed by atoms with Crippen LogP contribution >= 0.6 is 24.0 Å². The molecular formula is C21H34IN5O3S. The lowest BCUT2D eigenvalue weighted by molar-refractivity contribution is 0.222. The molecular weight excluding hydrogens is 529 g/mol. The van der Waals surface area contributed by atoms with E-state index in [1.54, 1.807) is 13.8 Å². The van der Waals surface area contributed by atoms with Crippen molar-refractivity contribution >= 4 is 51.5 Å². The number of likely N-dealkylation sites (tertiary alicyclic amines) is 1. The first kappa shape index (κ1) is 25.7. The molecule has 174 valence electrons. The number of amides is 2. The lowest BCUT2D eigenvalue weighted by atomic mass is 10.2. The Balaban J connectivity index is 0.00000341. The summed E-state index contributed by atoms with van der Waals surface area (Å²) in [6.45, 7) is 9.14. The van der Waals surface area contributed by atoms with Crippen LogP contribution in [0.15, 0.2) is 29.3 Å². The Hall–Kier alpha value is -1.56. The van der Waals surface area contributed by atoms with Crippen molar-refractivity contribution in [3.63, 3.8) is 0 Å². The fourth-order valence-corrected chi connectivity index (χ4v) is 5.15. The highest BCUT2D eigenvalue weighted by molar-refractivity contribution is 14.0. The summed E-state index contributed by atoms with van der Waals surface area (Å²) in [6.07, 6.45) is 2.12. The van der Waals surface area contributed by atoms with Crippen LogP contribution in [0.1, 0.15) is 39.2 Å². The smallest absolute Gasteiger partial charge is 0.321 e. The van der Waals surface area contributed by atoms with E-state index in [1.165, 1.54) is 0 Å². The molecule has 2 aliphatic heterocycles. The number of nitrogens with one attached hydrogen (secondary N) is 2. The minimum Gasteiger partial charge on any atom is -0.357 e. The topological polar surface area (TPSA) is 94.1 Å². The van der Waals surface area contributed by atoms with Gasteiger partial charge in [-0.25, -0.2) is 18.2 Å². The van der Waals surface area contributed by atoms with Gasteiger partial charge in [0.1, 0.15) is 0 Å². The Bertz CT molecular complexity index is 898. The van der Waals surface area contributed by atoms with E-state index in [2.05, 4.69) is 10.6 Å². The number of hydrogen-bond donors (Lipinski definition) is 2. The highest BCUT2D eigenvalue weighted by Gasteiger charge is 2.40. The van der Waals surface area contributed by atoms with Crippen molar-refractivity contribution < 1.29 is 13.2 Å². The zero-order valence-electron chi connectivity index (χ0n) is 18.6. The number of urea groups is 1.